The third kappa shape index (κ3) is 3.38. The molecular formula is C6H12Cl2N2S. The van der Waals surface area contributed by atoms with E-state index in [2.05, 4.69) is 4.98 Å². The molecule has 0 fully saturated rings. The summed E-state index contributed by atoms with van der Waals surface area (Å²) in [4.78, 5) is 5.27. The fourth-order valence-corrected chi connectivity index (χ4v) is 1.51. The Kier molecular flexibility index (Phi) is 7.21. The topological polar surface area (TPSA) is 38.9 Å². The van der Waals surface area contributed by atoms with Gasteiger partial charge in [-0.1, -0.05) is 0 Å². The molecule has 1 rings (SSSR count). The average molecular weight is 215 g/mol. The van der Waals surface area contributed by atoms with Crippen molar-refractivity contribution < 1.29 is 0 Å². The van der Waals surface area contributed by atoms with Crippen LogP contribution < -0.4 is 5.73 Å². The van der Waals surface area contributed by atoms with Crippen molar-refractivity contribution in [3.05, 3.63) is 16.1 Å². The van der Waals surface area contributed by atoms with Crippen molar-refractivity contribution in [3.63, 3.8) is 0 Å². The molecule has 0 spiro atoms. The largest absolute Gasteiger partial charge is 0.323 e. The van der Waals surface area contributed by atoms with Crippen molar-refractivity contribution in [1.82, 2.24) is 4.98 Å². The van der Waals surface area contributed by atoms with Gasteiger partial charge in [-0.05, 0) is 13.8 Å². The third-order valence-electron chi connectivity index (χ3n) is 1.20. The SMILES string of the molecule is Cc1ncsc1C(C)N.Cl.Cl. The van der Waals surface area contributed by atoms with Crippen molar-refractivity contribution >= 4 is 36.2 Å². The van der Waals surface area contributed by atoms with E-state index in [0.717, 1.165) is 5.69 Å². The van der Waals surface area contributed by atoms with Gasteiger partial charge in [0.2, 0.25) is 0 Å². The van der Waals surface area contributed by atoms with Crippen LogP contribution in [-0.4, -0.2) is 4.98 Å². The fraction of sp³-hybridized carbons (Fsp3) is 0.500. The molecule has 0 aliphatic carbocycles. The van der Waals surface area contributed by atoms with Crippen molar-refractivity contribution in [2.24, 2.45) is 5.73 Å². The van der Waals surface area contributed by atoms with E-state index in [-0.39, 0.29) is 30.9 Å². The Hall–Kier alpha value is 0.170. The minimum Gasteiger partial charge on any atom is -0.323 e. The van der Waals surface area contributed by atoms with E-state index in [1.165, 1.54) is 4.88 Å². The van der Waals surface area contributed by atoms with Crippen molar-refractivity contribution in [3.8, 4) is 0 Å². The molecule has 2 nitrogen and oxygen atoms in total. The summed E-state index contributed by atoms with van der Waals surface area (Å²) in [6, 6.07) is 0.137. The number of thiazole rings is 1. The molecule has 1 atom stereocenters. The Morgan fingerprint density at radius 1 is 1.55 bits per heavy atom. The Morgan fingerprint density at radius 2 is 2.09 bits per heavy atom. The normalized spacial score (nSPS) is 11.2. The quantitative estimate of drug-likeness (QED) is 0.780. The Morgan fingerprint density at radius 3 is 2.27 bits per heavy atom. The van der Waals surface area contributed by atoms with Crippen LogP contribution in [0.2, 0.25) is 0 Å². The number of rotatable bonds is 1. The maximum atomic E-state index is 5.63. The molecule has 2 N–H and O–H groups in total. The molecule has 0 saturated carbocycles. The fourth-order valence-electron chi connectivity index (χ4n) is 0.748. The van der Waals surface area contributed by atoms with Gasteiger partial charge >= 0.3 is 0 Å². The van der Waals surface area contributed by atoms with Gasteiger partial charge in [0.15, 0.2) is 0 Å². The highest BCUT2D eigenvalue weighted by Gasteiger charge is 2.04. The molecule has 0 aliphatic heterocycles. The highest BCUT2D eigenvalue weighted by molar-refractivity contribution is 7.09. The van der Waals surface area contributed by atoms with Crippen LogP contribution >= 0.6 is 36.2 Å². The summed E-state index contributed by atoms with van der Waals surface area (Å²) >= 11 is 1.62. The van der Waals surface area contributed by atoms with E-state index in [1.54, 1.807) is 11.3 Å². The van der Waals surface area contributed by atoms with Gasteiger partial charge < -0.3 is 5.73 Å². The summed E-state index contributed by atoms with van der Waals surface area (Å²) in [7, 11) is 0. The van der Waals surface area contributed by atoms with Crippen LogP contribution in [0.25, 0.3) is 0 Å². The zero-order valence-corrected chi connectivity index (χ0v) is 8.85. The molecule has 1 aromatic rings. The number of halogens is 2. The lowest BCUT2D eigenvalue weighted by atomic mass is 10.2. The summed E-state index contributed by atoms with van der Waals surface area (Å²) in [6.07, 6.45) is 0. The van der Waals surface area contributed by atoms with Gasteiger partial charge in [-0.3, -0.25) is 0 Å². The van der Waals surface area contributed by atoms with Crippen LogP contribution in [-0.2, 0) is 0 Å². The number of aryl methyl sites for hydroxylation is 1. The molecule has 66 valence electrons. The van der Waals surface area contributed by atoms with Gasteiger partial charge in [0, 0.05) is 10.9 Å². The number of nitrogens with zero attached hydrogens (tertiary/aromatic N) is 1. The summed E-state index contributed by atoms with van der Waals surface area (Å²) in [6.45, 7) is 3.95. The standard InChI is InChI=1S/C6H10N2S.2ClH/c1-4(7)6-5(2)8-3-9-6;;/h3-4H,7H2,1-2H3;2*1H. The number of hydrogen-bond acceptors (Lipinski definition) is 3. The molecule has 0 amide bonds. The average Bonchev–Trinajstić information content (AvgIpc) is 2.13. The van der Waals surface area contributed by atoms with Gasteiger partial charge in [0.25, 0.3) is 0 Å². The molecular weight excluding hydrogens is 203 g/mol. The molecule has 1 aromatic heterocycles. The molecule has 11 heavy (non-hydrogen) atoms. The van der Waals surface area contributed by atoms with Crippen LogP contribution in [0, 0.1) is 6.92 Å². The Bertz CT molecular complexity index is 200. The lowest BCUT2D eigenvalue weighted by Gasteiger charge is -1.99. The van der Waals surface area contributed by atoms with Gasteiger partial charge in [-0.15, -0.1) is 36.2 Å². The first-order valence-electron chi connectivity index (χ1n) is 2.87. The van der Waals surface area contributed by atoms with Gasteiger partial charge in [-0.25, -0.2) is 4.98 Å². The maximum Gasteiger partial charge on any atom is 0.0798 e. The summed E-state index contributed by atoms with van der Waals surface area (Å²) in [5, 5.41) is 0. The van der Waals surface area contributed by atoms with Gasteiger partial charge in [0.05, 0.1) is 11.2 Å². The van der Waals surface area contributed by atoms with E-state index in [4.69, 9.17) is 5.73 Å². The number of aromatic nitrogens is 1. The second-order valence-corrected chi connectivity index (χ2v) is 2.98. The number of hydrogen-bond donors (Lipinski definition) is 1. The first-order valence-corrected chi connectivity index (χ1v) is 3.75. The van der Waals surface area contributed by atoms with Crippen molar-refractivity contribution in [1.29, 1.82) is 0 Å². The van der Waals surface area contributed by atoms with Crippen molar-refractivity contribution in [2.45, 2.75) is 19.9 Å². The molecule has 0 aromatic carbocycles. The predicted octanol–water partition coefficient (Wildman–Crippen LogP) is 2.31. The first-order chi connectivity index (χ1) is 4.22. The minimum atomic E-state index is 0. The van der Waals surface area contributed by atoms with Gasteiger partial charge in [-0.2, -0.15) is 0 Å². The molecule has 1 heterocycles. The maximum absolute atomic E-state index is 5.63. The van der Waals surface area contributed by atoms with E-state index in [9.17, 15) is 0 Å². The molecule has 0 radical (unpaired) electrons. The highest BCUT2D eigenvalue weighted by atomic mass is 35.5. The number of nitrogens with two attached hydrogens (primary N) is 1. The lowest BCUT2D eigenvalue weighted by Crippen LogP contribution is -2.03. The van der Waals surface area contributed by atoms with E-state index in [1.807, 2.05) is 19.4 Å². The van der Waals surface area contributed by atoms with Crippen molar-refractivity contribution in [2.75, 3.05) is 0 Å². The molecule has 0 saturated heterocycles. The second kappa shape index (κ2) is 5.77. The van der Waals surface area contributed by atoms with E-state index >= 15 is 0 Å². The summed E-state index contributed by atoms with van der Waals surface area (Å²) in [5.41, 5.74) is 8.52. The van der Waals surface area contributed by atoms with E-state index in [0.29, 0.717) is 0 Å². The van der Waals surface area contributed by atoms with E-state index < -0.39 is 0 Å². The second-order valence-electron chi connectivity index (χ2n) is 2.09. The lowest BCUT2D eigenvalue weighted by molar-refractivity contribution is 0.825. The molecule has 0 aliphatic rings. The van der Waals surface area contributed by atoms with Crippen LogP contribution in [0.3, 0.4) is 0 Å². The smallest absolute Gasteiger partial charge is 0.0798 e. The van der Waals surface area contributed by atoms with Crippen LogP contribution in [0.4, 0.5) is 0 Å². The van der Waals surface area contributed by atoms with Gasteiger partial charge in [0.1, 0.15) is 0 Å². The molecule has 0 bridgehead atoms. The molecule has 1 unspecified atom stereocenters. The Balaban J connectivity index is 0. The zero-order chi connectivity index (χ0) is 6.85. The highest BCUT2D eigenvalue weighted by Crippen LogP contribution is 2.18. The van der Waals surface area contributed by atoms with Crippen LogP contribution in [0.5, 0.6) is 0 Å². The Labute approximate surface area is 83.0 Å². The van der Waals surface area contributed by atoms with Crippen LogP contribution in [0.15, 0.2) is 5.51 Å². The minimum absolute atomic E-state index is 0. The summed E-state index contributed by atoms with van der Waals surface area (Å²) < 4.78 is 0. The van der Waals surface area contributed by atoms with Crippen LogP contribution in [0.1, 0.15) is 23.5 Å². The monoisotopic (exact) mass is 214 g/mol. The molecule has 5 heteroatoms. The summed E-state index contributed by atoms with van der Waals surface area (Å²) in [5.74, 6) is 0. The third-order valence-corrected chi connectivity index (χ3v) is 2.33. The zero-order valence-electron chi connectivity index (χ0n) is 6.40. The predicted molar refractivity (Wildman–Crippen MR) is 53.9 cm³/mol. The first kappa shape index (κ1) is 13.7.